The monoisotopic (exact) mass is 277 g/mol. The lowest BCUT2D eigenvalue weighted by atomic mass is 9.89. The van der Waals surface area contributed by atoms with Crippen molar-refractivity contribution in [2.24, 2.45) is 5.92 Å². The fourth-order valence-corrected chi connectivity index (χ4v) is 3.05. The van der Waals surface area contributed by atoms with Crippen LogP contribution in [-0.4, -0.2) is 34.3 Å². The van der Waals surface area contributed by atoms with E-state index < -0.39 is 5.60 Å². The van der Waals surface area contributed by atoms with Crippen LogP contribution >= 0.6 is 0 Å². The summed E-state index contributed by atoms with van der Waals surface area (Å²) in [5.41, 5.74) is 0.132. The lowest BCUT2D eigenvalue weighted by Gasteiger charge is -2.34. The number of nitrogens with zero attached hydrogens (tertiary/aromatic N) is 1. The van der Waals surface area contributed by atoms with Crippen LogP contribution in [0.15, 0.2) is 30.3 Å². The van der Waals surface area contributed by atoms with E-state index in [0.29, 0.717) is 13.0 Å². The predicted octanol–water partition coefficient (Wildman–Crippen LogP) is 2.80. The zero-order valence-corrected chi connectivity index (χ0v) is 12.4. The van der Waals surface area contributed by atoms with Gasteiger partial charge in [-0.1, -0.05) is 44.2 Å². The molecule has 1 amide bonds. The smallest absolute Gasteiger partial charge is 0.410 e. The maximum absolute atomic E-state index is 12.2. The van der Waals surface area contributed by atoms with E-state index in [4.69, 9.17) is 4.74 Å². The SMILES string of the molecule is CC(C)C1N(C(=O)OCc2ccccc2)CC[C@]1(C)O. The van der Waals surface area contributed by atoms with E-state index in [-0.39, 0.29) is 24.7 Å². The molecule has 110 valence electrons. The van der Waals surface area contributed by atoms with Crippen LogP contribution in [0.25, 0.3) is 0 Å². The number of aliphatic hydroxyl groups is 1. The summed E-state index contributed by atoms with van der Waals surface area (Å²) in [5, 5.41) is 10.4. The molecular formula is C16H23NO3. The Morgan fingerprint density at radius 2 is 2.10 bits per heavy atom. The Bertz CT molecular complexity index is 456. The van der Waals surface area contributed by atoms with Gasteiger partial charge in [0.05, 0.1) is 11.6 Å². The molecule has 1 N–H and O–H groups in total. The third-order valence-corrected chi connectivity index (χ3v) is 3.90. The van der Waals surface area contributed by atoms with Gasteiger partial charge in [-0.25, -0.2) is 4.79 Å². The fourth-order valence-electron chi connectivity index (χ4n) is 3.05. The summed E-state index contributed by atoms with van der Waals surface area (Å²) in [4.78, 5) is 13.9. The highest BCUT2D eigenvalue weighted by Gasteiger charge is 2.46. The van der Waals surface area contributed by atoms with Gasteiger partial charge < -0.3 is 14.7 Å². The molecule has 0 aromatic heterocycles. The van der Waals surface area contributed by atoms with E-state index in [1.807, 2.05) is 44.2 Å². The topological polar surface area (TPSA) is 49.8 Å². The quantitative estimate of drug-likeness (QED) is 0.924. The second-order valence-electron chi connectivity index (χ2n) is 6.03. The largest absolute Gasteiger partial charge is 0.445 e. The number of amides is 1. The van der Waals surface area contributed by atoms with E-state index in [1.54, 1.807) is 11.8 Å². The van der Waals surface area contributed by atoms with Crippen LogP contribution in [0.5, 0.6) is 0 Å². The predicted molar refractivity (Wildman–Crippen MR) is 77.2 cm³/mol. The molecular weight excluding hydrogens is 254 g/mol. The molecule has 1 aliphatic heterocycles. The number of ether oxygens (including phenoxy) is 1. The van der Waals surface area contributed by atoms with E-state index in [1.165, 1.54) is 0 Å². The standard InChI is InChI=1S/C16H23NO3/c1-12(2)14-16(3,19)9-10-17(14)15(18)20-11-13-7-5-4-6-8-13/h4-8,12,14,19H,9-11H2,1-3H3/t14?,16-/m0/s1. The molecule has 1 saturated heterocycles. The van der Waals surface area contributed by atoms with Crippen molar-refractivity contribution in [2.75, 3.05) is 6.54 Å². The molecule has 20 heavy (non-hydrogen) atoms. The van der Waals surface area contributed by atoms with Gasteiger partial charge in [0.15, 0.2) is 0 Å². The van der Waals surface area contributed by atoms with Crippen molar-refractivity contribution in [2.45, 2.75) is 45.4 Å². The van der Waals surface area contributed by atoms with Crippen molar-refractivity contribution in [3.8, 4) is 0 Å². The molecule has 0 saturated carbocycles. The zero-order valence-electron chi connectivity index (χ0n) is 12.4. The number of hydrogen-bond acceptors (Lipinski definition) is 3. The van der Waals surface area contributed by atoms with Crippen molar-refractivity contribution >= 4 is 6.09 Å². The highest BCUT2D eigenvalue weighted by Crippen LogP contribution is 2.33. The number of carbonyl (C=O) groups is 1. The number of hydrogen-bond donors (Lipinski definition) is 1. The molecule has 1 aromatic carbocycles. The van der Waals surface area contributed by atoms with Crippen molar-refractivity contribution < 1.29 is 14.6 Å². The molecule has 4 nitrogen and oxygen atoms in total. The molecule has 2 rings (SSSR count). The van der Waals surface area contributed by atoms with Crippen LogP contribution in [0.3, 0.4) is 0 Å². The van der Waals surface area contributed by atoms with E-state index in [2.05, 4.69) is 0 Å². The van der Waals surface area contributed by atoms with Crippen molar-refractivity contribution in [1.82, 2.24) is 4.90 Å². The summed E-state index contributed by atoms with van der Waals surface area (Å²) in [6, 6.07) is 9.42. The number of likely N-dealkylation sites (tertiary alicyclic amines) is 1. The average molecular weight is 277 g/mol. The molecule has 0 spiro atoms. The zero-order chi connectivity index (χ0) is 14.8. The van der Waals surface area contributed by atoms with Gasteiger partial charge in [0, 0.05) is 6.54 Å². The van der Waals surface area contributed by atoms with Crippen LogP contribution in [0.2, 0.25) is 0 Å². The minimum absolute atomic E-state index is 0.189. The van der Waals surface area contributed by atoms with Gasteiger partial charge in [-0.05, 0) is 24.8 Å². The molecule has 4 heteroatoms. The van der Waals surface area contributed by atoms with Gasteiger partial charge in [0.2, 0.25) is 0 Å². The summed E-state index contributed by atoms with van der Waals surface area (Å²) in [5.74, 6) is 0.191. The minimum Gasteiger partial charge on any atom is -0.445 e. The molecule has 1 fully saturated rings. The van der Waals surface area contributed by atoms with Gasteiger partial charge in [-0.3, -0.25) is 0 Å². The third-order valence-electron chi connectivity index (χ3n) is 3.90. The second kappa shape index (κ2) is 5.83. The van der Waals surface area contributed by atoms with Gasteiger partial charge in [0.25, 0.3) is 0 Å². The lowest BCUT2D eigenvalue weighted by Crippen LogP contribution is -2.48. The average Bonchev–Trinajstić information content (AvgIpc) is 2.73. The summed E-state index contributed by atoms with van der Waals surface area (Å²) < 4.78 is 5.36. The minimum atomic E-state index is -0.833. The molecule has 2 atom stereocenters. The van der Waals surface area contributed by atoms with E-state index >= 15 is 0 Å². The first-order chi connectivity index (χ1) is 9.42. The van der Waals surface area contributed by atoms with Crippen LogP contribution in [0.1, 0.15) is 32.8 Å². The van der Waals surface area contributed by atoms with Crippen LogP contribution < -0.4 is 0 Å². The van der Waals surface area contributed by atoms with Crippen LogP contribution in [-0.2, 0) is 11.3 Å². The highest BCUT2D eigenvalue weighted by molar-refractivity contribution is 5.69. The van der Waals surface area contributed by atoms with Gasteiger partial charge in [-0.2, -0.15) is 0 Å². The summed E-state index contributed by atoms with van der Waals surface area (Å²) in [6.45, 7) is 6.64. The summed E-state index contributed by atoms with van der Waals surface area (Å²) in [7, 11) is 0. The Morgan fingerprint density at radius 3 is 2.70 bits per heavy atom. The van der Waals surface area contributed by atoms with Crippen LogP contribution in [0.4, 0.5) is 4.79 Å². The first-order valence-electron chi connectivity index (χ1n) is 7.11. The second-order valence-corrected chi connectivity index (χ2v) is 6.03. The first-order valence-corrected chi connectivity index (χ1v) is 7.11. The molecule has 1 aromatic rings. The van der Waals surface area contributed by atoms with Crippen molar-refractivity contribution in [3.63, 3.8) is 0 Å². The third kappa shape index (κ3) is 3.12. The maximum Gasteiger partial charge on any atom is 0.410 e. The Kier molecular flexibility index (Phi) is 4.33. The summed E-state index contributed by atoms with van der Waals surface area (Å²) >= 11 is 0. The van der Waals surface area contributed by atoms with Gasteiger partial charge >= 0.3 is 6.09 Å². The van der Waals surface area contributed by atoms with Gasteiger partial charge in [0.1, 0.15) is 6.61 Å². The molecule has 0 radical (unpaired) electrons. The first kappa shape index (κ1) is 14.9. The van der Waals surface area contributed by atoms with E-state index in [9.17, 15) is 9.90 Å². The fraction of sp³-hybridized carbons (Fsp3) is 0.562. The molecule has 1 heterocycles. The molecule has 1 unspecified atom stereocenters. The molecule has 0 aliphatic carbocycles. The Morgan fingerprint density at radius 1 is 1.45 bits per heavy atom. The Labute approximate surface area is 120 Å². The van der Waals surface area contributed by atoms with Crippen LogP contribution in [0, 0.1) is 5.92 Å². The Balaban J connectivity index is 1.99. The molecule has 0 bridgehead atoms. The molecule has 1 aliphatic rings. The van der Waals surface area contributed by atoms with Gasteiger partial charge in [-0.15, -0.1) is 0 Å². The summed E-state index contributed by atoms with van der Waals surface area (Å²) in [6.07, 6.45) is 0.251. The maximum atomic E-state index is 12.2. The normalized spacial score (nSPS) is 26.1. The number of rotatable bonds is 3. The van der Waals surface area contributed by atoms with Crippen molar-refractivity contribution in [3.05, 3.63) is 35.9 Å². The van der Waals surface area contributed by atoms with E-state index in [0.717, 1.165) is 5.56 Å². The highest BCUT2D eigenvalue weighted by atomic mass is 16.6. The van der Waals surface area contributed by atoms with Crippen molar-refractivity contribution in [1.29, 1.82) is 0 Å². The Hall–Kier alpha value is -1.55. The number of carbonyl (C=O) groups excluding carboxylic acids is 1. The lowest BCUT2D eigenvalue weighted by molar-refractivity contribution is -0.00247. The number of benzene rings is 1.